The van der Waals surface area contributed by atoms with Crippen LogP contribution in [0.1, 0.15) is 61.4 Å². The average molecular weight is 482 g/mol. The minimum absolute atomic E-state index is 0.0202. The second-order valence-corrected chi connectivity index (χ2v) is 9.35. The number of halogens is 1. The standard InChI is InChI=1S/C25H32FN7O2/c1-5-18-21(15(3)31-32-18)17-10-11-20(28-23(17)26)29-25(35)22(16-8-6-14(2)7-9-16)30-24(34)19-12-13-27-33(19)4/h10-14,16,22H,5-9H2,1-4H3,(H,30,34)(H,31,32)(H,28,29,35)/t14-,16-,22-/m0/s1. The highest BCUT2D eigenvalue weighted by molar-refractivity contribution is 6.00. The Kier molecular flexibility index (Phi) is 7.28. The number of rotatable bonds is 7. The van der Waals surface area contributed by atoms with Crippen LogP contribution in [0.2, 0.25) is 0 Å². The Labute approximate surface area is 203 Å². The first-order valence-corrected chi connectivity index (χ1v) is 12.1. The van der Waals surface area contributed by atoms with Crippen LogP contribution in [0.25, 0.3) is 11.1 Å². The summed E-state index contributed by atoms with van der Waals surface area (Å²) < 4.78 is 16.5. The number of aromatic nitrogens is 5. The summed E-state index contributed by atoms with van der Waals surface area (Å²) >= 11 is 0. The summed E-state index contributed by atoms with van der Waals surface area (Å²) in [6, 6.07) is 4.01. The number of aromatic amines is 1. The fourth-order valence-corrected chi connectivity index (χ4v) is 4.82. The Morgan fingerprint density at radius 2 is 1.97 bits per heavy atom. The molecule has 4 rings (SSSR count). The van der Waals surface area contributed by atoms with E-state index in [9.17, 15) is 9.59 Å². The number of nitrogens with one attached hydrogen (secondary N) is 3. The molecule has 3 aromatic heterocycles. The van der Waals surface area contributed by atoms with Gasteiger partial charge in [0.1, 0.15) is 17.6 Å². The zero-order chi connectivity index (χ0) is 25.1. The number of anilines is 1. The second kappa shape index (κ2) is 10.4. The third-order valence-electron chi connectivity index (χ3n) is 6.90. The van der Waals surface area contributed by atoms with Crippen LogP contribution in [0, 0.1) is 24.7 Å². The van der Waals surface area contributed by atoms with E-state index in [1.165, 1.54) is 10.9 Å². The number of aryl methyl sites for hydroxylation is 3. The van der Waals surface area contributed by atoms with Gasteiger partial charge in [-0.05, 0) is 56.2 Å². The zero-order valence-corrected chi connectivity index (χ0v) is 20.6. The van der Waals surface area contributed by atoms with Gasteiger partial charge in [-0.15, -0.1) is 0 Å². The maximum Gasteiger partial charge on any atom is 0.270 e. The molecule has 3 N–H and O–H groups in total. The molecule has 186 valence electrons. The first-order valence-electron chi connectivity index (χ1n) is 12.1. The molecule has 2 amide bonds. The first-order chi connectivity index (χ1) is 16.8. The minimum atomic E-state index is -0.766. The van der Waals surface area contributed by atoms with Gasteiger partial charge in [0.05, 0.1) is 5.69 Å². The summed E-state index contributed by atoms with van der Waals surface area (Å²) in [5.74, 6) is -0.809. The topological polar surface area (TPSA) is 118 Å². The fourth-order valence-electron chi connectivity index (χ4n) is 4.82. The normalized spacial score (nSPS) is 18.8. The van der Waals surface area contributed by atoms with E-state index < -0.39 is 17.9 Å². The number of hydrogen-bond acceptors (Lipinski definition) is 5. The second-order valence-electron chi connectivity index (χ2n) is 9.35. The molecule has 1 saturated carbocycles. The van der Waals surface area contributed by atoms with Gasteiger partial charge in [-0.2, -0.15) is 14.6 Å². The third kappa shape index (κ3) is 5.26. The van der Waals surface area contributed by atoms with Crippen LogP contribution in [0.4, 0.5) is 10.2 Å². The van der Waals surface area contributed by atoms with E-state index in [-0.39, 0.29) is 17.6 Å². The van der Waals surface area contributed by atoms with E-state index in [0.29, 0.717) is 34.9 Å². The average Bonchev–Trinajstić information content (AvgIpc) is 3.43. The highest BCUT2D eigenvalue weighted by atomic mass is 19.1. The van der Waals surface area contributed by atoms with Crippen LogP contribution in [-0.4, -0.2) is 42.8 Å². The molecule has 0 saturated heterocycles. The van der Waals surface area contributed by atoms with Gasteiger partial charge in [0, 0.05) is 30.1 Å². The molecule has 9 nitrogen and oxygen atoms in total. The monoisotopic (exact) mass is 481 g/mol. The number of amides is 2. The maximum absolute atomic E-state index is 15.0. The Balaban J connectivity index is 1.55. The van der Waals surface area contributed by atoms with Crippen molar-refractivity contribution in [3.63, 3.8) is 0 Å². The molecule has 0 aromatic carbocycles. The summed E-state index contributed by atoms with van der Waals surface area (Å²) in [7, 11) is 1.67. The van der Waals surface area contributed by atoms with Crippen molar-refractivity contribution >= 4 is 17.6 Å². The molecular weight excluding hydrogens is 449 g/mol. The molecule has 0 aliphatic heterocycles. The van der Waals surface area contributed by atoms with E-state index in [2.05, 4.69) is 37.8 Å². The van der Waals surface area contributed by atoms with Gasteiger partial charge in [-0.3, -0.25) is 19.4 Å². The molecule has 1 atom stereocenters. The Morgan fingerprint density at radius 1 is 1.23 bits per heavy atom. The molecule has 10 heteroatoms. The number of hydrogen-bond donors (Lipinski definition) is 3. The predicted octanol–water partition coefficient (Wildman–Crippen LogP) is 3.78. The Hall–Kier alpha value is -3.56. The largest absolute Gasteiger partial charge is 0.339 e. The van der Waals surface area contributed by atoms with Crippen molar-refractivity contribution in [2.75, 3.05) is 5.32 Å². The number of H-pyrrole nitrogens is 1. The lowest BCUT2D eigenvalue weighted by atomic mass is 9.79. The number of carbonyl (C=O) groups is 2. The Bertz CT molecular complexity index is 1210. The van der Waals surface area contributed by atoms with Crippen molar-refractivity contribution in [2.24, 2.45) is 18.9 Å². The predicted molar refractivity (Wildman–Crippen MR) is 130 cm³/mol. The van der Waals surface area contributed by atoms with Crippen LogP contribution >= 0.6 is 0 Å². The van der Waals surface area contributed by atoms with Crippen LogP contribution in [0.3, 0.4) is 0 Å². The first kappa shape index (κ1) is 24.6. The molecule has 1 fully saturated rings. The Morgan fingerprint density at radius 3 is 2.60 bits per heavy atom. The van der Waals surface area contributed by atoms with Gasteiger partial charge >= 0.3 is 0 Å². The lowest BCUT2D eigenvalue weighted by Crippen LogP contribution is -2.49. The van der Waals surface area contributed by atoms with Gasteiger partial charge in [0.2, 0.25) is 11.9 Å². The van der Waals surface area contributed by atoms with Gasteiger partial charge in [-0.1, -0.05) is 26.7 Å². The molecule has 0 unspecified atom stereocenters. The van der Waals surface area contributed by atoms with Gasteiger partial charge in [-0.25, -0.2) is 4.98 Å². The molecule has 0 radical (unpaired) electrons. The highest BCUT2D eigenvalue weighted by Gasteiger charge is 2.33. The van der Waals surface area contributed by atoms with E-state index in [1.807, 2.05) is 6.92 Å². The lowest BCUT2D eigenvalue weighted by molar-refractivity contribution is -0.119. The van der Waals surface area contributed by atoms with Crippen molar-refractivity contribution in [2.45, 2.75) is 58.9 Å². The molecule has 1 aliphatic rings. The quantitative estimate of drug-likeness (QED) is 0.444. The van der Waals surface area contributed by atoms with E-state index in [1.54, 1.807) is 32.2 Å². The third-order valence-corrected chi connectivity index (χ3v) is 6.90. The van der Waals surface area contributed by atoms with Crippen LogP contribution in [0.15, 0.2) is 24.4 Å². The van der Waals surface area contributed by atoms with Crippen LogP contribution in [0.5, 0.6) is 0 Å². The lowest BCUT2D eigenvalue weighted by Gasteiger charge is -2.32. The minimum Gasteiger partial charge on any atom is -0.339 e. The van der Waals surface area contributed by atoms with Crippen molar-refractivity contribution in [3.8, 4) is 11.1 Å². The summed E-state index contributed by atoms with van der Waals surface area (Å²) in [6.07, 6.45) is 5.83. The van der Waals surface area contributed by atoms with Crippen molar-refractivity contribution in [1.29, 1.82) is 0 Å². The zero-order valence-electron chi connectivity index (χ0n) is 20.6. The van der Waals surface area contributed by atoms with E-state index >= 15 is 4.39 Å². The molecular formula is C25H32FN7O2. The van der Waals surface area contributed by atoms with Crippen molar-refractivity contribution < 1.29 is 14.0 Å². The number of carbonyl (C=O) groups excluding carboxylic acids is 2. The summed E-state index contributed by atoms with van der Waals surface area (Å²) in [6.45, 7) is 5.96. The maximum atomic E-state index is 15.0. The highest BCUT2D eigenvalue weighted by Crippen LogP contribution is 2.32. The van der Waals surface area contributed by atoms with Crippen LogP contribution < -0.4 is 10.6 Å². The van der Waals surface area contributed by atoms with E-state index in [4.69, 9.17) is 0 Å². The number of nitrogens with zero attached hydrogens (tertiary/aromatic N) is 4. The SMILES string of the molecule is CCc1[nH]nc(C)c1-c1ccc(NC(=O)[C@@H](NC(=O)c2ccnn2C)[C@H]2CC[C@H](C)CC2)nc1F. The van der Waals surface area contributed by atoms with Crippen LogP contribution in [-0.2, 0) is 18.3 Å². The van der Waals surface area contributed by atoms with Crippen molar-refractivity contribution in [1.82, 2.24) is 30.3 Å². The smallest absolute Gasteiger partial charge is 0.270 e. The number of pyridine rings is 1. The summed E-state index contributed by atoms with van der Waals surface area (Å²) in [5.41, 5.74) is 2.89. The van der Waals surface area contributed by atoms with Crippen molar-refractivity contribution in [3.05, 3.63) is 47.4 Å². The van der Waals surface area contributed by atoms with E-state index in [0.717, 1.165) is 31.4 Å². The molecule has 1 aliphatic carbocycles. The van der Waals surface area contributed by atoms with Gasteiger partial charge in [0.15, 0.2) is 0 Å². The van der Waals surface area contributed by atoms with Gasteiger partial charge < -0.3 is 10.6 Å². The summed E-state index contributed by atoms with van der Waals surface area (Å²) in [5, 5.41) is 16.7. The summed E-state index contributed by atoms with van der Waals surface area (Å²) in [4.78, 5) is 30.2. The molecule has 3 heterocycles. The fraction of sp³-hybridized carbons (Fsp3) is 0.480. The molecule has 35 heavy (non-hydrogen) atoms. The molecule has 0 bridgehead atoms. The molecule has 3 aromatic rings. The molecule has 0 spiro atoms. The van der Waals surface area contributed by atoms with Gasteiger partial charge in [0.25, 0.3) is 5.91 Å².